The van der Waals surface area contributed by atoms with Gasteiger partial charge in [-0.15, -0.1) is 11.3 Å². The summed E-state index contributed by atoms with van der Waals surface area (Å²) in [6.45, 7) is 1.77. The van der Waals surface area contributed by atoms with Gasteiger partial charge in [-0.25, -0.2) is 14.6 Å². The molecule has 4 heterocycles. The predicted molar refractivity (Wildman–Crippen MR) is 90.9 cm³/mol. The Morgan fingerprint density at radius 1 is 1.27 bits per heavy atom. The molecule has 0 atom stereocenters. The van der Waals surface area contributed by atoms with E-state index in [9.17, 15) is 13.2 Å². The third-order valence-corrected chi connectivity index (χ3v) is 5.32. The van der Waals surface area contributed by atoms with E-state index in [1.165, 1.54) is 12.5 Å². The quantitative estimate of drug-likeness (QED) is 0.497. The number of nitrogen functional groups attached to an aromatic ring is 1. The van der Waals surface area contributed by atoms with Crippen LogP contribution < -0.4 is 11.3 Å². The summed E-state index contributed by atoms with van der Waals surface area (Å²) >= 11 is 0.965. The maximum Gasteiger partial charge on any atom is 0.433 e. The molecule has 4 rings (SSSR count). The lowest BCUT2D eigenvalue weighted by atomic mass is 10.0. The SMILES string of the molecule is Cc1c(-c2cc(C(F)(F)F)nc3sc4c(=N)n(N)cnc4c23)cnn1C. The number of nitrogens with one attached hydrogen (secondary N) is 1. The standard InChI is InChI=1S/C15H12F3N7S/c1-6-8(4-22-24(6)2)7-3-9(15(16,17)18)23-14-10(7)11-12(26-14)13(19)25(20)5-21-11/h3-5,19H,20H2,1-2H3. The van der Waals surface area contributed by atoms with Crippen LogP contribution in [0.4, 0.5) is 13.2 Å². The molecule has 4 aromatic rings. The van der Waals surface area contributed by atoms with Crippen LogP contribution in [0.3, 0.4) is 0 Å². The Hall–Kier alpha value is -2.95. The highest BCUT2D eigenvalue weighted by molar-refractivity contribution is 7.25. The number of nitrogens with zero attached hydrogens (tertiary/aromatic N) is 5. The van der Waals surface area contributed by atoms with Gasteiger partial charge in [0.05, 0.1) is 16.4 Å². The summed E-state index contributed by atoms with van der Waals surface area (Å²) in [6, 6.07) is 1.01. The fourth-order valence-corrected chi connectivity index (χ4v) is 3.88. The molecule has 0 radical (unpaired) electrons. The lowest BCUT2D eigenvalue weighted by molar-refractivity contribution is -0.140. The Balaban J connectivity index is 2.22. The molecule has 7 nitrogen and oxygen atoms in total. The Morgan fingerprint density at radius 3 is 2.62 bits per heavy atom. The van der Waals surface area contributed by atoms with Crippen LogP contribution in [-0.2, 0) is 13.2 Å². The molecule has 4 aromatic heterocycles. The number of alkyl halides is 3. The van der Waals surface area contributed by atoms with Crippen molar-refractivity contribution in [1.82, 2.24) is 24.4 Å². The fourth-order valence-electron chi connectivity index (χ4n) is 2.78. The van der Waals surface area contributed by atoms with Crippen molar-refractivity contribution < 1.29 is 13.2 Å². The van der Waals surface area contributed by atoms with Gasteiger partial charge < -0.3 is 5.84 Å². The van der Waals surface area contributed by atoms with Crippen LogP contribution in [-0.4, -0.2) is 24.4 Å². The van der Waals surface area contributed by atoms with E-state index in [-0.39, 0.29) is 10.3 Å². The fraction of sp³-hybridized carbons (Fsp3) is 0.200. The summed E-state index contributed by atoms with van der Waals surface area (Å²) in [5.41, 5.74) is 0.961. The second-order valence-corrected chi connectivity index (χ2v) is 6.78. The zero-order chi connectivity index (χ0) is 18.8. The monoisotopic (exact) mass is 379 g/mol. The van der Waals surface area contributed by atoms with Crippen molar-refractivity contribution >= 4 is 31.8 Å². The van der Waals surface area contributed by atoms with Gasteiger partial charge in [-0.2, -0.15) is 18.3 Å². The van der Waals surface area contributed by atoms with Crippen molar-refractivity contribution in [3.05, 3.63) is 35.5 Å². The van der Waals surface area contributed by atoms with E-state index < -0.39 is 11.9 Å². The molecular weight excluding hydrogens is 367 g/mol. The highest BCUT2D eigenvalue weighted by Gasteiger charge is 2.34. The van der Waals surface area contributed by atoms with Crippen molar-refractivity contribution in [2.45, 2.75) is 13.1 Å². The summed E-state index contributed by atoms with van der Waals surface area (Å²) < 4.78 is 43.1. The summed E-state index contributed by atoms with van der Waals surface area (Å²) in [6.07, 6.45) is -1.82. The van der Waals surface area contributed by atoms with Gasteiger partial charge in [-0.1, -0.05) is 0 Å². The van der Waals surface area contributed by atoms with Crippen molar-refractivity contribution in [2.75, 3.05) is 5.84 Å². The van der Waals surface area contributed by atoms with Gasteiger partial charge in [0, 0.05) is 23.7 Å². The molecule has 0 aromatic carbocycles. The first-order valence-electron chi connectivity index (χ1n) is 7.39. The minimum atomic E-state index is -4.60. The number of thiophene rings is 1. The Bertz CT molecular complexity index is 1230. The predicted octanol–water partition coefficient (Wildman–Crippen LogP) is 2.57. The first-order chi connectivity index (χ1) is 12.2. The van der Waals surface area contributed by atoms with E-state index in [4.69, 9.17) is 11.3 Å². The van der Waals surface area contributed by atoms with Gasteiger partial charge in [0.2, 0.25) is 0 Å². The number of fused-ring (bicyclic) bond motifs is 3. The van der Waals surface area contributed by atoms with Gasteiger partial charge in [-0.05, 0) is 18.6 Å². The molecule has 3 N–H and O–H groups in total. The van der Waals surface area contributed by atoms with E-state index >= 15 is 0 Å². The number of aryl methyl sites for hydroxylation is 1. The zero-order valence-corrected chi connectivity index (χ0v) is 14.4. The molecule has 11 heteroatoms. The Labute approximate surface area is 148 Å². The van der Waals surface area contributed by atoms with Crippen molar-refractivity contribution in [3.63, 3.8) is 0 Å². The van der Waals surface area contributed by atoms with E-state index in [0.29, 0.717) is 32.4 Å². The number of rotatable bonds is 1. The molecule has 0 aliphatic rings. The average Bonchev–Trinajstić information content (AvgIpc) is 3.11. The highest BCUT2D eigenvalue weighted by Crippen LogP contribution is 2.41. The summed E-state index contributed by atoms with van der Waals surface area (Å²) in [4.78, 5) is 8.15. The van der Waals surface area contributed by atoms with Gasteiger partial charge >= 0.3 is 6.18 Å². The summed E-state index contributed by atoms with van der Waals surface area (Å²) in [7, 11) is 1.71. The van der Waals surface area contributed by atoms with Crippen LogP contribution in [0.15, 0.2) is 18.6 Å². The molecule has 0 saturated carbocycles. The zero-order valence-electron chi connectivity index (χ0n) is 13.6. The second-order valence-electron chi connectivity index (χ2n) is 5.78. The Kier molecular flexibility index (Phi) is 3.35. The molecule has 0 saturated heterocycles. The molecule has 0 amide bonds. The lowest BCUT2D eigenvalue weighted by Crippen LogP contribution is -2.26. The summed E-state index contributed by atoms with van der Waals surface area (Å²) in [5.74, 6) is 5.64. The van der Waals surface area contributed by atoms with Crippen LogP contribution in [0, 0.1) is 12.3 Å². The second kappa shape index (κ2) is 5.27. The number of aromatic nitrogens is 5. The lowest BCUT2D eigenvalue weighted by Gasteiger charge is -2.10. The van der Waals surface area contributed by atoms with E-state index in [0.717, 1.165) is 22.1 Å². The van der Waals surface area contributed by atoms with E-state index in [2.05, 4.69) is 15.1 Å². The maximum atomic E-state index is 13.4. The molecule has 0 aliphatic heterocycles. The van der Waals surface area contributed by atoms with Crippen LogP contribution in [0.5, 0.6) is 0 Å². The largest absolute Gasteiger partial charge is 0.433 e. The normalized spacial score (nSPS) is 12.3. The maximum absolute atomic E-state index is 13.4. The van der Waals surface area contributed by atoms with Crippen LogP contribution in [0.25, 0.3) is 31.6 Å². The minimum Gasteiger partial charge on any atom is -0.336 e. The molecule has 134 valence electrons. The molecule has 0 spiro atoms. The molecular formula is C15H12F3N7S. The third-order valence-electron chi connectivity index (χ3n) is 4.24. The molecule has 0 bridgehead atoms. The molecule has 0 fully saturated rings. The van der Waals surface area contributed by atoms with Crippen LogP contribution >= 0.6 is 11.3 Å². The first kappa shape index (κ1) is 16.5. The highest BCUT2D eigenvalue weighted by atomic mass is 32.1. The first-order valence-corrected chi connectivity index (χ1v) is 8.21. The Morgan fingerprint density at radius 2 is 2.00 bits per heavy atom. The van der Waals surface area contributed by atoms with E-state index in [1.807, 2.05) is 0 Å². The smallest absolute Gasteiger partial charge is 0.336 e. The minimum absolute atomic E-state index is 0.0413. The van der Waals surface area contributed by atoms with Crippen molar-refractivity contribution in [3.8, 4) is 11.1 Å². The van der Waals surface area contributed by atoms with Crippen LogP contribution in [0.1, 0.15) is 11.4 Å². The number of hydrogen-bond donors (Lipinski definition) is 2. The average molecular weight is 379 g/mol. The number of hydrogen-bond acceptors (Lipinski definition) is 6. The van der Waals surface area contributed by atoms with Gasteiger partial charge in [-0.3, -0.25) is 10.1 Å². The number of nitrogens with two attached hydrogens (primary N) is 1. The molecule has 26 heavy (non-hydrogen) atoms. The van der Waals surface area contributed by atoms with E-state index in [1.54, 1.807) is 18.7 Å². The topological polar surface area (TPSA) is 98.4 Å². The van der Waals surface area contributed by atoms with Gasteiger partial charge in [0.25, 0.3) is 0 Å². The number of pyridine rings is 1. The number of halogens is 3. The third kappa shape index (κ3) is 2.27. The van der Waals surface area contributed by atoms with Gasteiger partial charge in [0.15, 0.2) is 5.49 Å². The molecule has 0 aliphatic carbocycles. The van der Waals surface area contributed by atoms with Crippen molar-refractivity contribution in [1.29, 1.82) is 5.41 Å². The van der Waals surface area contributed by atoms with Crippen LogP contribution in [0.2, 0.25) is 0 Å². The van der Waals surface area contributed by atoms with Gasteiger partial charge in [0.1, 0.15) is 16.9 Å². The molecule has 0 unspecified atom stereocenters. The van der Waals surface area contributed by atoms with Crippen molar-refractivity contribution in [2.24, 2.45) is 7.05 Å². The summed E-state index contributed by atoms with van der Waals surface area (Å²) in [5, 5.41) is 12.6.